The molecule has 2 nitrogen and oxygen atoms in total. The first-order valence-corrected chi connectivity index (χ1v) is 8.43. The Hall–Kier alpha value is -1.45. The normalized spacial score (nSPS) is 18.7. The number of rotatable bonds is 3. The molecule has 0 radical (unpaired) electrons. The quantitative estimate of drug-likeness (QED) is 0.785. The number of benzodiazepines with no additional fused rings is 1. The largest absolute Gasteiger partial charge is 0.382 e. The van der Waals surface area contributed by atoms with Gasteiger partial charge in [0.1, 0.15) is 0 Å². The summed E-state index contributed by atoms with van der Waals surface area (Å²) in [6.07, 6.45) is 0.984. The maximum absolute atomic E-state index is 6.21. The van der Waals surface area contributed by atoms with Crippen molar-refractivity contribution in [3.8, 4) is 0 Å². The molecule has 0 saturated heterocycles. The Morgan fingerprint density at radius 3 is 2.77 bits per heavy atom. The van der Waals surface area contributed by atoms with Crippen LogP contribution in [0, 0.1) is 0 Å². The van der Waals surface area contributed by atoms with E-state index >= 15 is 0 Å². The number of hydrogen-bond donors (Lipinski definition) is 2. The minimum atomic E-state index is 0.134. The van der Waals surface area contributed by atoms with E-state index in [-0.39, 0.29) is 11.3 Å². The first-order chi connectivity index (χ1) is 10.7. The summed E-state index contributed by atoms with van der Waals surface area (Å²) in [4.78, 5) is 5.02. The molecule has 2 aromatic carbocycles. The van der Waals surface area contributed by atoms with Gasteiger partial charge in [-0.25, -0.2) is 0 Å². The Balaban J connectivity index is 2.14. The van der Waals surface area contributed by atoms with E-state index < -0.39 is 0 Å². The molecule has 2 aromatic rings. The van der Waals surface area contributed by atoms with Gasteiger partial charge in [-0.1, -0.05) is 48.9 Å². The van der Waals surface area contributed by atoms with Crippen molar-refractivity contribution in [1.29, 1.82) is 0 Å². The molecule has 0 aliphatic carbocycles. The Labute approximate surface area is 142 Å². The summed E-state index contributed by atoms with van der Waals surface area (Å²) >= 11 is 10.9. The average Bonchev–Trinajstić information content (AvgIpc) is 2.74. The number of nitrogens with one attached hydrogen (secondary N) is 1. The minimum absolute atomic E-state index is 0.134. The monoisotopic (exact) mass is 330 g/mol. The molecule has 22 heavy (non-hydrogen) atoms. The summed E-state index contributed by atoms with van der Waals surface area (Å²) in [7, 11) is 0. The molecule has 1 aliphatic rings. The third-order valence-electron chi connectivity index (χ3n) is 3.94. The van der Waals surface area contributed by atoms with Gasteiger partial charge in [0.15, 0.2) is 0 Å². The fourth-order valence-electron chi connectivity index (χ4n) is 2.68. The lowest BCUT2D eigenvalue weighted by molar-refractivity contribution is 0.652. The summed E-state index contributed by atoms with van der Waals surface area (Å²) in [5, 5.41) is 4.45. The van der Waals surface area contributed by atoms with E-state index in [9.17, 15) is 0 Å². The van der Waals surface area contributed by atoms with Crippen LogP contribution in [0.25, 0.3) is 0 Å². The molecule has 1 N–H and O–H groups in total. The number of thiol groups is 1. The van der Waals surface area contributed by atoms with Crippen molar-refractivity contribution < 1.29 is 0 Å². The number of halogens is 1. The second-order valence-corrected chi connectivity index (χ2v) is 6.56. The van der Waals surface area contributed by atoms with Crippen LogP contribution in [0.2, 0.25) is 5.02 Å². The van der Waals surface area contributed by atoms with Gasteiger partial charge in [-0.2, -0.15) is 12.6 Å². The highest BCUT2D eigenvalue weighted by molar-refractivity contribution is 7.81. The Morgan fingerprint density at radius 1 is 1.27 bits per heavy atom. The zero-order valence-electron chi connectivity index (χ0n) is 12.5. The van der Waals surface area contributed by atoms with Crippen LogP contribution in [0.3, 0.4) is 0 Å². The molecule has 3 rings (SSSR count). The number of benzene rings is 2. The molecule has 0 saturated carbocycles. The van der Waals surface area contributed by atoms with Crippen LogP contribution in [0.15, 0.2) is 53.5 Å². The molecule has 0 aromatic heterocycles. The summed E-state index contributed by atoms with van der Waals surface area (Å²) in [5.41, 5.74) is 4.22. The predicted molar refractivity (Wildman–Crippen MR) is 98.9 cm³/mol. The SMILES string of the molecule is CCC(S)[C@H]1CNc2ccc(Cl)cc2C(c2ccccc2)=N1. The first kappa shape index (κ1) is 15.4. The lowest BCUT2D eigenvalue weighted by Crippen LogP contribution is -2.27. The molecule has 2 atom stereocenters. The van der Waals surface area contributed by atoms with E-state index in [1.165, 1.54) is 0 Å². The molecule has 0 fully saturated rings. The number of anilines is 1. The van der Waals surface area contributed by atoms with E-state index in [1.807, 2.05) is 36.4 Å². The van der Waals surface area contributed by atoms with Crippen LogP contribution in [-0.4, -0.2) is 23.5 Å². The maximum atomic E-state index is 6.21. The number of fused-ring (bicyclic) bond motifs is 1. The first-order valence-electron chi connectivity index (χ1n) is 7.54. The van der Waals surface area contributed by atoms with Crippen LogP contribution in [-0.2, 0) is 0 Å². The Morgan fingerprint density at radius 2 is 2.05 bits per heavy atom. The predicted octanol–water partition coefficient (Wildman–Crippen LogP) is 4.68. The average molecular weight is 331 g/mol. The highest BCUT2D eigenvalue weighted by atomic mass is 35.5. The van der Waals surface area contributed by atoms with Crippen molar-refractivity contribution in [3.63, 3.8) is 0 Å². The van der Waals surface area contributed by atoms with Crippen molar-refractivity contribution in [1.82, 2.24) is 0 Å². The topological polar surface area (TPSA) is 24.4 Å². The molecular weight excluding hydrogens is 312 g/mol. The molecule has 0 spiro atoms. The van der Waals surface area contributed by atoms with Gasteiger partial charge in [0.25, 0.3) is 0 Å². The fourth-order valence-corrected chi connectivity index (χ4v) is 3.03. The minimum Gasteiger partial charge on any atom is -0.382 e. The van der Waals surface area contributed by atoms with Crippen LogP contribution in [0.1, 0.15) is 24.5 Å². The van der Waals surface area contributed by atoms with E-state index in [2.05, 4.69) is 24.4 Å². The molecule has 1 unspecified atom stereocenters. The number of hydrogen-bond acceptors (Lipinski definition) is 3. The van der Waals surface area contributed by atoms with Gasteiger partial charge >= 0.3 is 0 Å². The fraction of sp³-hybridized carbons (Fsp3) is 0.278. The van der Waals surface area contributed by atoms with Crippen molar-refractivity contribution in [2.75, 3.05) is 11.9 Å². The zero-order valence-corrected chi connectivity index (χ0v) is 14.1. The van der Waals surface area contributed by atoms with E-state index in [1.54, 1.807) is 0 Å². The Kier molecular flexibility index (Phi) is 4.74. The lowest BCUT2D eigenvalue weighted by atomic mass is 10.0. The third kappa shape index (κ3) is 3.16. The van der Waals surface area contributed by atoms with Crippen molar-refractivity contribution in [3.05, 3.63) is 64.7 Å². The van der Waals surface area contributed by atoms with Gasteiger partial charge in [-0.15, -0.1) is 0 Å². The van der Waals surface area contributed by atoms with E-state index in [0.717, 1.165) is 40.5 Å². The Bertz CT molecular complexity index is 685. The molecule has 114 valence electrons. The van der Waals surface area contributed by atoms with Crippen LogP contribution < -0.4 is 5.32 Å². The van der Waals surface area contributed by atoms with Crippen LogP contribution in [0.5, 0.6) is 0 Å². The highest BCUT2D eigenvalue weighted by Gasteiger charge is 2.23. The van der Waals surface area contributed by atoms with Gasteiger partial charge in [0, 0.05) is 33.6 Å². The van der Waals surface area contributed by atoms with E-state index in [0.29, 0.717) is 0 Å². The van der Waals surface area contributed by atoms with Crippen LogP contribution >= 0.6 is 24.2 Å². The van der Waals surface area contributed by atoms with Gasteiger partial charge in [0.2, 0.25) is 0 Å². The van der Waals surface area contributed by atoms with Gasteiger partial charge in [0.05, 0.1) is 11.8 Å². The van der Waals surface area contributed by atoms with Crippen LogP contribution in [0.4, 0.5) is 5.69 Å². The summed E-state index contributed by atoms with van der Waals surface area (Å²) in [6.45, 7) is 2.93. The summed E-state index contributed by atoms with van der Waals surface area (Å²) in [5.74, 6) is 0. The number of aliphatic imine (C=N–C) groups is 1. The molecule has 1 heterocycles. The summed E-state index contributed by atoms with van der Waals surface area (Å²) < 4.78 is 0. The highest BCUT2D eigenvalue weighted by Crippen LogP contribution is 2.28. The standard InChI is InChI=1S/C18H19ClN2S/c1-2-17(22)16-11-20-15-9-8-13(19)10-14(15)18(21-16)12-6-4-3-5-7-12/h3-10,16-17,20,22H,2,11H2,1H3/t16-,17?/m1/s1. The van der Waals surface area contributed by atoms with Crippen molar-refractivity contribution >= 4 is 35.6 Å². The van der Waals surface area contributed by atoms with Gasteiger partial charge in [-0.05, 0) is 24.6 Å². The molecule has 4 heteroatoms. The molecule has 0 amide bonds. The third-order valence-corrected chi connectivity index (χ3v) is 4.89. The summed E-state index contributed by atoms with van der Waals surface area (Å²) in [6, 6.07) is 16.3. The molecular formula is C18H19ClN2S. The molecule has 0 bridgehead atoms. The van der Waals surface area contributed by atoms with Crippen molar-refractivity contribution in [2.45, 2.75) is 24.6 Å². The van der Waals surface area contributed by atoms with E-state index in [4.69, 9.17) is 29.2 Å². The van der Waals surface area contributed by atoms with Gasteiger partial charge < -0.3 is 5.32 Å². The van der Waals surface area contributed by atoms with Gasteiger partial charge in [-0.3, -0.25) is 4.99 Å². The maximum Gasteiger partial charge on any atom is 0.0795 e. The number of nitrogens with zero attached hydrogens (tertiary/aromatic N) is 1. The second kappa shape index (κ2) is 6.76. The zero-order chi connectivity index (χ0) is 15.5. The lowest BCUT2D eigenvalue weighted by Gasteiger charge is -2.17. The van der Waals surface area contributed by atoms with Crippen molar-refractivity contribution in [2.24, 2.45) is 4.99 Å². The molecule has 1 aliphatic heterocycles. The second-order valence-electron chi connectivity index (χ2n) is 5.46. The smallest absolute Gasteiger partial charge is 0.0795 e.